The normalized spacial score (nSPS) is 18.9. The summed E-state index contributed by atoms with van der Waals surface area (Å²) >= 11 is 5.99. The van der Waals surface area contributed by atoms with E-state index in [4.69, 9.17) is 16.7 Å². The Balaban J connectivity index is 2.20. The van der Waals surface area contributed by atoms with Crippen LogP contribution in [0.3, 0.4) is 0 Å². The lowest BCUT2D eigenvalue weighted by molar-refractivity contribution is -0.142. The topological polar surface area (TPSA) is 53.1 Å². The van der Waals surface area contributed by atoms with Crippen LogP contribution in [0.25, 0.3) is 10.9 Å². The molecule has 1 aromatic heterocycles. The summed E-state index contributed by atoms with van der Waals surface area (Å²) in [7, 11) is 0. The second kappa shape index (κ2) is 3.99. The number of aromatic nitrogens is 1. The molecule has 2 aromatic rings. The number of aromatic amines is 1. The molecule has 1 unspecified atom stereocenters. The Morgan fingerprint density at radius 3 is 3.00 bits per heavy atom. The summed E-state index contributed by atoms with van der Waals surface area (Å²) in [5.74, 6) is -1.68. The van der Waals surface area contributed by atoms with Gasteiger partial charge < -0.3 is 10.1 Å². The molecule has 2 N–H and O–H groups in total. The van der Waals surface area contributed by atoms with Crippen molar-refractivity contribution < 1.29 is 14.3 Å². The molecule has 1 atom stereocenters. The molecule has 94 valence electrons. The van der Waals surface area contributed by atoms with E-state index in [1.807, 2.05) is 0 Å². The van der Waals surface area contributed by atoms with Crippen molar-refractivity contribution >= 4 is 28.5 Å². The zero-order chi connectivity index (χ0) is 12.9. The summed E-state index contributed by atoms with van der Waals surface area (Å²) in [5, 5.41) is 9.80. The molecule has 0 fully saturated rings. The lowest BCUT2D eigenvalue weighted by atomic mass is 9.86. The number of hydrogen-bond acceptors (Lipinski definition) is 1. The van der Waals surface area contributed by atoms with E-state index >= 15 is 0 Å². The number of carboxylic acids is 1. The summed E-state index contributed by atoms with van der Waals surface area (Å²) < 4.78 is 13.5. The third kappa shape index (κ3) is 1.60. The number of H-pyrrole nitrogens is 1. The van der Waals surface area contributed by atoms with Crippen molar-refractivity contribution in [1.82, 2.24) is 4.98 Å². The maximum absolute atomic E-state index is 13.5. The van der Waals surface area contributed by atoms with E-state index in [2.05, 4.69) is 4.98 Å². The highest BCUT2D eigenvalue weighted by molar-refractivity contribution is 6.36. The summed E-state index contributed by atoms with van der Waals surface area (Å²) in [6.07, 6.45) is 1.68. The van der Waals surface area contributed by atoms with Crippen molar-refractivity contribution in [2.24, 2.45) is 5.92 Å². The van der Waals surface area contributed by atoms with Crippen LogP contribution in [0.4, 0.5) is 4.39 Å². The molecule has 1 aliphatic carbocycles. The molecule has 0 amide bonds. The molecular formula is C13H11ClFNO2. The Bertz CT molecular complexity index is 650. The molecule has 3 rings (SSSR count). The molecule has 3 nitrogen and oxygen atoms in total. The lowest BCUT2D eigenvalue weighted by Gasteiger charge is -2.18. The summed E-state index contributed by atoms with van der Waals surface area (Å²) in [4.78, 5) is 14.3. The van der Waals surface area contributed by atoms with Crippen molar-refractivity contribution in [2.75, 3.05) is 0 Å². The molecule has 0 saturated heterocycles. The van der Waals surface area contributed by atoms with Crippen molar-refractivity contribution in [3.05, 3.63) is 34.2 Å². The van der Waals surface area contributed by atoms with E-state index in [-0.39, 0.29) is 5.02 Å². The molecule has 0 saturated carbocycles. The van der Waals surface area contributed by atoms with Gasteiger partial charge in [-0.3, -0.25) is 4.79 Å². The van der Waals surface area contributed by atoms with Gasteiger partial charge in [0, 0.05) is 16.6 Å². The largest absolute Gasteiger partial charge is 0.481 e. The van der Waals surface area contributed by atoms with Gasteiger partial charge in [-0.05, 0) is 37.0 Å². The number of carbonyl (C=O) groups is 1. The van der Waals surface area contributed by atoms with E-state index in [0.717, 1.165) is 16.8 Å². The van der Waals surface area contributed by atoms with Gasteiger partial charge in [-0.25, -0.2) is 4.39 Å². The molecule has 0 spiro atoms. The van der Waals surface area contributed by atoms with Crippen LogP contribution in [0.15, 0.2) is 12.1 Å². The number of fused-ring (bicyclic) bond motifs is 3. The summed E-state index contributed by atoms with van der Waals surface area (Å²) in [5.41, 5.74) is 2.61. The molecule has 1 aliphatic rings. The molecule has 1 heterocycles. The van der Waals surface area contributed by atoms with E-state index in [0.29, 0.717) is 24.6 Å². The minimum atomic E-state index is -0.803. The maximum atomic E-state index is 13.5. The van der Waals surface area contributed by atoms with Gasteiger partial charge in [0.25, 0.3) is 0 Å². The molecule has 0 radical (unpaired) electrons. The molecule has 1 aromatic carbocycles. The molecule has 18 heavy (non-hydrogen) atoms. The van der Waals surface area contributed by atoms with Crippen LogP contribution in [0.1, 0.15) is 17.7 Å². The second-order valence-corrected chi connectivity index (χ2v) is 5.02. The maximum Gasteiger partial charge on any atom is 0.306 e. The van der Waals surface area contributed by atoms with Crippen molar-refractivity contribution in [3.63, 3.8) is 0 Å². The highest BCUT2D eigenvalue weighted by atomic mass is 35.5. The fraction of sp³-hybridized carbons (Fsp3) is 0.308. The first kappa shape index (κ1) is 11.5. The Kier molecular flexibility index (Phi) is 2.55. The minimum Gasteiger partial charge on any atom is -0.481 e. The predicted molar refractivity (Wildman–Crippen MR) is 66.4 cm³/mol. The first-order valence-corrected chi connectivity index (χ1v) is 6.16. The monoisotopic (exact) mass is 267 g/mol. The Morgan fingerprint density at radius 1 is 1.50 bits per heavy atom. The number of aryl methyl sites for hydroxylation is 1. The van der Waals surface area contributed by atoms with Crippen molar-refractivity contribution in [3.8, 4) is 0 Å². The van der Waals surface area contributed by atoms with Gasteiger partial charge in [0.2, 0.25) is 0 Å². The number of aliphatic carboxylic acids is 1. The number of halogens is 2. The molecule has 0 bridgehead atoms. The van der Waals surface area contributed by atoms with E-state index < -0.39 is 17.7 Å². The fourth-order valence-corrected chi connectivity index (χ4v) is 2.93. The van der Waals surface area contributed by atoms with E-state index in [1.165, 1.54) is 6.07 Å². The van der Waals surface area contributed by atoms with E-state index in [1.54, 1.807) is 6.07 Å². The number of nitrogens with one attached hydrogen (secondary N) is 1. The Labute approximate surface area is 108 Å². The first-order chi connectivity index (χ1) is 8.58. The van der Waals surface area contributed by atoms with Crippen LogP contribution in [-0.4, -0.2) is 16.1 Å². The highest BCUT2D eigenvalue weighted by Crippen LogP contribution is 2.36. The quantitative estimate of drug-likeness (QED) is 0.834. The number of benzene rings is 1. The fourth-order valence-electron chi connectivity index (χ4n) is 2.66. The third-order valence-corrected chi connectivity index (χ3v) is 3.96. The van der Waals surface area contributed by atoms with Gasteiger partial charge in [-0.1, -0.05) is 11.6 Å². The average Bonchev–Trinajstić information content (AvgIpc) is 2.71. The smallest absolute Gasteiger partial charge is 0.306 e. The Morgan fingerprint density at radius 2 is 2.28 bits per heavy atom. The zero-order valence-corrected chi connectivity index (χ0v) is 10.2. The zero-order valence-electron chi connectivity index (χ0n) is 9.46. The highest BCUT2D eigenvalue weighted by Gasteiger charge is 2.28. The van der Waals surface area contributed by atoms with Gasteiger partial charge in [0.05, 0.1) is 10.9 Å². The van der Waals surface area contributed by atoms with Gasteiger partial charge in [-0.15, -0.1) is 0 Å². The van der Waals surface area contributed by atoms with Crippen LogP contribution in [0.5, 0.6) is 0 Å². The van der Waals surface area contributed by atoms with Gasteiger partial charge in [0.1, 0.15) is 5.82 Å². The van der Waals surface area contributed by atoms with Crippen LogP contribution < -0.4 is 0 Å². The number of rotatable bonds is 1. The van der Waals surface area contributed by atoms with Crippen LogP contribution >= 0.6 is 11.6 Å². The second-order valence-electron chi connectivity index (χ2n) is 4.64. The molecule has 0 aliphatic heterocycles. The molecular weight excluding hydrogens is 257 g/mol. The minimum absolute atomic E-state index is 0.0797. The van der Waals surface area contributed by atoms with Crippen LogP contribution in [-0.2, 0) is 17.6 Å². The average molecular weight is 268 g/mol. The number of carboxylic acid groups (broad SMARTS) is 1. The van der Waals surface area contributed by atoms with Crippen molar-refractivity contribution in [2.45, 2.75) is 19.3 Å². The lowest BCUT2D eigenvalue weighted by Crippen LogP contribution is -2.21. The van der Waals surface area contributed by atoms with Gasteiger partial charge >= 0.3 is 5.97 Å². The predicted octanol–water partition coefficient (Wildman–Crippen LogP) is 3.15. The summed E-state index contributed by atoms with van der Waals surface area (Å²) in [6.45, 7) is 0. The van der Waals surface area contributed by atoms with Crippen LogP contribution in [0.2, 0.25) is 5.02 Å². The van der Waals surface area contributed by atoms with Crippen LogP contribution in [0, 0.1) is 11.7 Å². The number of hydrogen-bond donors (Lipinski definition) is 2. The van der Waals surface area contributed by atoms with Crippen molar-refractivity contribution in [1.29, 1.82) is 0 Å². The Hall–Kier alpha value is -1.55. The van der Waals surface area contributed by atoms with Gasteiger partial charge in [0.15, 0.2) is 0 Å². The molecule has 5 heteroatoms. The standard InChI is InChI=1S/C13H11ClFNO2/c14-12-8(15)2-4-10-11(12)7-5-6(13(17)18)1-3-9(7)16-10/h2,4,6,16H,1,3,5H2,(H,17,18). The SMILES string of the molecule is O=C(O)C1CCc2[nH]c3ccc(F)c(Cl)c3c2C1. The van der Waals surface area contributed by atoms with E-state index in [9.17, 15) is 9.18 Å². The summed E-state index contributed by atoms with van der Waals surface area (Å²) in [6, 6.07) is 2.96. The first-order valence-electron chi connectivity index (χ1n) is 5.78. The third-order valence-electron chi connectivity index (χ3n) is 3.59. The van der Waals surface area contributed by atoms with Gasteiger partial charge in [-0.2, -0.15) is 0 Å².